The molecule has 1 atom stereocenters. The molecule has 1 saturated carbocycles. The zero-order valence-electron chi connectivity index (χ0n) is 16.4. The largest absolute Gasteiger partial charge is 0.382 e. The summed E-state index contributed by atoms with van der Waals surface area (Å²) < 4.78 is 5.38. The number of rotatable bonds is 11. The molecule has 0 amide bonds. The minimum absolute atomic E-state index is 0.554. The lowest BCUT2D eigenvalue weighted by Crippen LogP contribution is -2.42. The van der Waals surface area contributed by atoms with Crippen molar-refractivity contribution in [2.24, 2.45) is 10.9 Å². The molecule has 1 unspecified atom stereocenters. The summed E-state index contributed by atoms with van der Waals surface area (Å²) >= 11 is 0. The molecular formula is C19H40N4O. The van der Waals surface area contributed by atoms with E-state index in [1.807, 2.05) is 6.92 Å². The van der Waals surface area contributed by atoms with Crippen LogP contribution in [0.4, 0.5) is 0 Å². The van der Waals surface area contributed by atoms with Gasteiger partial charge >= 0.3 is 0 Å². The van der Waals surface area contributed by atoms with Crippen LogP contribution in [0.15, 0.2) is 4.99 Å². The fraction of sp³-hybridized carbons (Fsp3) is 0.947. The fourth-order valence-electron chi connectivity index (χ4n) is 3.46. The molecule has 1 aliphatic rings. The van der Waals surface area contributed by atoms with Crippen molar-refractivity contribution < 1.29 is 4.74 Å². The first-order valence-corrected chi connectivity index (χ1v) is 9.95. The van der Waals surface area contributed by atoms with Gasteiger partial charge in [0.05, 0.1) is 6.54 Å². The quantitative estimate of drug-likeness (QED) is 0.345. The molecule has 0 aromatic heterocycles. The first-order chi connectivity index (χ1) is 11.7. The van der Waals surface area contributed by atoms with Crippen LogP contribution >= 0.6 is 0 Å². The van der Waals surface area contributed by atoms with Crippen LogP contribution in [-0.4, -0.2) is 63.8 Å². The molecule has 0 aromatic rings. The Morgan fingerprint density at radius 1 is 1.12 bits per heavy atom. The summed E-state index contributed by atoms with van der Waals surface area (Å²) in [6.07, 6.45) is 9.12. The number of guanidine groups is 1. The van der Waals surface area contributed by atoms with Crippen LogP contribution in [0, 0.1) is 5.92 Å². The van der Waals surface area contributed by atoms with E-state index in [0.29, 0.717) is 6.04 Å². The second-order valence-electron chi connectivity index (χ2n) is 6.98. The lowest BCUT2D eigenvalue weighted by Gasteiger charge is -2.34. The van der Waals surface area contributed by atoms with E-state index in [9.17, 15) is 0 Å². The maximum atomic E-state index is 5.38. The lowest BCUT2D eigenvalue weighted by molar-refractivity contribution is 0.143. The summed E-state index contributed by atoms with van der Waals surface area (Å²) in [4.78, 5) is 7.23. The van der Waals surface area contributed by atoms with E-state index in [-0.39, 0.29) is 0 Å². The number of aliphatic imine (C=N–C) groups is 1. The standard InChI is InChI=1S/C19H40N4O/c1-5-20-19(21-14-10-11-15-24-6-2)22-16-18(23(3)4)17-12-8-7-9-13-17/h17-18H,5-16H2,1-4H3,(H2,20,21,22). The van der Waals surface area contributed by atoms with Crippen LogP contribution in [0.2, 0.25) is 0 Å². The van der Waals surface area contributed by atoms with E-state index < -0.39 is 0 Å². The van der Waals surface area contributed by atoms with Crippen molar-refractivity contribution >= 4 is 5.96 Å². The Morgan fingerprint density at radius 3 is 2.50 bits per heavy atom. The van der Waals surface area contributed by atoms with Crippen LogP contribution in [0.1, 0.15) is 58.8 Å². The van der Waals surface area contributed by atoms with Crippen molar-refractivity contribution in [3.8, 4) is 0 Å². The summed E-state index contributed by atoms with van der Waals surface area (Å²) in [5.41, 5.74) is 0. The fourth-order valence-corrected chi connectivity index (χ4v) is 3.46. The van der Waals surface area contributed by atoms with Crippen LogP contribution in [0.5, 0.6) is 0 Å². The average Bonchev–Trinajstić information content (AvgIpc) is 2.58. The lowest BCUT2D eigenvalue weighted by atomic mass is 9.83. The predicted molar refractivity (Wildman–Crippen MR) is 104 cm³/mol. The van der Waals surface area contributed by atoms with Gasteiger partial charge in [0, 0.05) is 32.3 Å². The molecule has 0 spiro atoms. The number of hydrogen-bond acceptors (Lipinski definition) is 3. The Morgan fingerprint density at radius 2 is 1.88 bits per heavy atom. The number of ether oxygens (including phenoxy) is 1. The summed E-state index contributed by atoms with van der Waals surface area (Å²) in [6.45, 7) is 8.57. The van der Waals surface area contributed by atoms with Crippen molar-refractivity contribution in [2.45, 2.75) is 64.8 Å². The van der Waals surface area contributed by atoms with Crippen molar-refractivity contribution in [2.75, 3.05) is 46.9 Å². The van der Waals surface area contributed by atoms with Gasteiger partial charge < -0.3 is 20.3 Å². The first-order valence-electron chi connectivity index (χ1n) is 9.95. The SMILES string of the molecule is CCNC(=NCC(C1CCCCC1)N(C)C)NCCCCOCC. The Labute approximate surface area is 149 Å². The number of hydrogen-bond donors (Lipinski definition) is 2. The zero-order valence-corrected chi connectivity index (χ0v) is 16.4. The van der Waals surface area contributed by atoms with Crippen molar-refractivity contribution in [1.82, 2.24) is 15.5 Å². The Bertz CT molecular complexity index is 327. The number of unbranched alkanes of at least 4 members (excludes halogenated alkanes) is 1. The van der Waals surface area contributed by atoms with Crippen LogP contribution in [0.25, 0.3) is 0 Å². The molecule has 1 aliphatic carbocycles. The molecule has 0 radical (unpaired) electrons. The molecule has 0 saturated heterocycles. The third kappa shape index (κ3) is 8.88. The summed E-state index contributed by atoms with van der Waals surface area (Å²) in [7, 11) is 4.39. The van der Waals surface area contributed by atoms with Crippen molar-refractivity contribution in [1.29, 1.82) is 0 Å². The first kappa shape index (κ1) is 21.2. The summed E-state index contributed by atoms with van der Waals surface area (Å²) in [6, 6.07) is 0.554. The maximum Gasteiger partial charge on any atom is 0.191 e. The number of nitrogens with one attached hydrogen (secondary N) is 2. The molecular weight excluding hydrogens is 300 g/mol. The van der Waals surface area contributed by atoms with Gasteiger partial charge in [-0.05, 0) is 59.5 Å². The van der Waals surface area contributed by atoms with Gasteiger partial charge in [-0.3, -0.25) is 4.99 Å². The molecule has 0 heterocycles. The molecule has 1 rings (SSSR count). The molecule has 24 heavy (non-hydrogen) atoms. The van der Waals surface area contributed by atoms with E-state index in [1.54, 1.807) is 0 Å². The van der Waals surface area contributed by atoms with Gasteiger partial charge in [0.2, 0.25) is 0 Å². The molecule has 0 aromatic carbocycles. The van der Waals surface area contributed by atoms with E-state index >= 15 is 0 Å². The van der Waals surface area contributed by atoms with Gasteiger partial charge in [-0.1, -0.05) is 19.3 Å². The monoisotopic (exact) mass is 340 g/mol. The van der Waals surface area contributed by atoms with E-state index in [2.05, 4.69) is 36.6 Å². The highest BCUT2D eigenvalue weighted by atomic mass is 16.5. The van der Waals surface area contributed by atoms with Crippen LogP contribution < -0.4 is 10.6 Å². The van der Waals surface area contributed by atoms with Gasteiger partial charge in [-0.2, -0.15) is 0 Å². The van der Waals surface area contributed by atoms with Gasteiger partial charge in [-0.25, -0.2) is 0 Å². The van der Waals surface area contributed by atoms with Crippen molar-refractivity contribution in [3.05, 3.63) is 0 Å². The molecule has 1 fully saturated rings. The Kier molecular flexibility index (Phi) is 11.9. The molecule has 2 N–H and O–H groups in total. The van der Waals surface area contributed by atoms with Gasteiger partial charge in [-0.15, -0.1) is 0 Å². The molecule has 142 valence electrons. The second kappa shape index (κ2) is 13.5. The van der Waals surface area contributed by atoms with E-state index in [0.717, 1.165) is 57.6 Å². The molecule has 0 bridgehead atoms. The maximum absolute atomic E-state index is 5.38. The van der Waals surface area contributed by atoms with Gasteiger partial charge in [0.25, 0.3) is 0 Å². The van der Waals surface area contributed by atoms with Crippen LogP contribution in [-0.2, 0) is 4.74 Å². The highest BCUT2D eigenvalue weighted by Crippen LogP contribution is 2.28. The van der Waals surface area contributed by atoms with Gasteiger partial charge in [0.15, 0.2) is 5.96 Å². The highest BCUT2D eigenvalue weighted by molar-refractivity contribution is 5.79. The molecule has 0 aliphatic heterocycles. The number of likely N-dealkylation sites (N-methyl/N-ethyl adjacent to an activating group) is 1. The average molecular weight is 341 g/mol. The summed E-state index contributed by atoms with van der Waals surface area (Å²) in [5.74, 6) is 1.75. The van der Waals surface area contributed by atoms with Gasteiger partial charge in [0.1, 0.15) is 0 Å². The van der Waals surface area contributed by atoms with E-state index in [1.165, 1.54) is 32.1 Å². The minimum atomic E-state index is 0.554. The zero-order chi connectivity index (χ0) is 17.6. The second-order valence-corrected chi connectivity index (χ2v) is 6.98. The smallest absolute Gasteiger partial charge is 0.191 e. The Balaban J connectivity index is 2.42. The predicted octanol–water partition coefficient (Wildman–Crippen LogP) is 2.87. The summed E-state index contributed by atoms with van der Waals surface area (Å²) in [5, 5.41) is 6.83. The van der Waals surface area contributed by atoms with Crippen molar-refractivity contribution in [3.63, 3.8) is 0 Å². The molecule has 5 nitrogen and oxygen atoms in total. The normalized spacial score (nSPS) is 18.0. The minimum Gasteiger partial charge on any atom is -0.382 e. The topological polar surface area (TPSA) is 48.9 Å². The number of nitrogens with zero attached hydrogens (tertiary/aromatic N) is 2. The van der Waals surface area contributed by atoms with E-state index in [4.69, 9.17) is 9.73 Å². The highest BCUT2D eigenvalue weighted by Gasteiger charge is 2.25. The third-order valence-electron chi connectivity index (χ3n) is 4.85. The third-order valence-corrected chi connectivity index (χ3v) is 4.85. The molecule has 5 heteroatoms. The Hall–Kier alpha value is -0.810. The van der Waals surface area contributed by atoms with Crippen LogP contribution in [0.3, 0.4) is 0 Å².